The van der Waals surface area contributed by atoms with Crippen LogP contribution in [0.4, 0.5) is 0 Å². The van der Waals surface area contributed by atoms with Gasteiger partial charge in [0.05, 0.1) is 13.2 Å². The molecule has 0 bridgehead atoms. The van der Waals surface area contributed by atoms with Gasteiger partial charge in [-0.25, -0.2) is 4.79 Å². The Balaban J connectivity index is 2.35. The second kappa shape index (κ2) is 8.49. The SMILES string of the molecule is CCOC(=O)COCc1cccc(OCOC)c1. The molecule has 100 valence electrons. The first-order chi connectivity index (χ1) is 8.76. The molecule has 0 atom stereocenters. The van der Waals surface area contributed by atoms with E-state index in [0.29, 0.717) is 19.0 Å². The highest BCUT2D eigenvalue weighted by Crippen LogP contribution is 2.14. The third-order valence-electron chi connectivity index (χ3n) is 2.04. The van der Waals surface area contributed by atoms with E-state index in [4.69, 9.17) is 18.9 Å². The number of ether oxygens (including phenoxy) is 4. The summed E-state index contributed by atoms with van der Waals surface area (Å²) in [6.45, 7) is 2.62. The Labute approximate surface area is 107 Å². The fraction of sp³-hybridized carbons (Fsp3) is 0.462. The summed E-state index contributed by atoms with van der Waals surface area (Å²) in [5, 5.41) is 0. The van der Waals surface area contributed by atoms with Crippen LogP contribution in [0.25, 0.3) is 0 Å². The van der Waals surface area contributed by atoms with E-state index in [1.165, 1.54) is 0 Å². The standard InChI is InChI=1S/C13H18O5/c1-3-17-13(14)9-16-8-11-5-4-6-12(7-11)18-10-15-2/h4-7H,3,8-10H2,1-2H3. The highest BCUT2D eigenvalue weighted by molar-refractivity contribution is 5.70. The van der Waals surface area contributed by atoms with Crippen LogP contribution in [0.15, 0.2) is 24.3 Å². The maximum atomic E-state index is 11.1. The minimum atomic E-state index is -0.357. The van der Waals surface area contributed by atoms with Gasteiger partial charge in [0.15, 0.2) is 6.79 Å². The molecule has 0 N–H and O–H groups in total. The maximum absolute atomic E-state index is 11.1. The molecule has 0 aliphatic rings. The summed E-state index contributed by atoms with van der Waals surface area (Å²) in [6, 6.07) is 7.41. The summed E-state index contributed by atoms with van der Waals surface area (Å²) in [6.07, 6.45) is 0. The Morgan fingerprint density at radius 2 is 2.17 bits per heavy atom. The highest BCUT2D eigenvalue weighted by atomic mass is 16.7. The number of esters is 1. The summed E-state index contributed by atoms with van der Waals surface area (Å²) in [7, 11) is 1.56. The van der Waals surface area contributed by atoms with Crippen molar-refractivity contribution >= 4 is 5.97 Å². The molecule has 0 heterocycles. The molecule has 0 fully saturated rings. The van der Waals surface area contributed by atoms with Gasteiger partial charge < -0.3 is 18.9 Å². The molecule has 0 radical (unpaired) electrons. The van der Waals surface area contributed by atoms with Crippen LogP contribution in [0, 0.1) is 0 Å². The van der Waals surface area contributed by atoms with E-state index in [1.807, 2.05) is 24.3 Å². The Bertz CT molecular complexity index is 364. The molecule has 0 amide bonds. The zero-order valence-corrected chi connectivity index (χ0v) is 10.7. The van der Waals surface area contributed by atoms with Gasteiger partial charge in [-0.1, -0.05) is 12.1 Å². The molecular weight excluding hydrogens is 236 g/mol. The van der Waals surface area contributed by atoms with Crippen molar-refractivity contribution in [2.75, 3.05) is 27.1 Å². The van der Waals surface area contributed by atoms with Crippen LogP contribution in [-0.2, 0) is 25.6 Å². The van der Waals surface area contributed by atoms with E-state index in [0.717, 1.165) is 5.56 Å². The smallest absolute Gasteiger partial charge is 0.332 e. The molecule has 0 aliphatic carbocycles. The van der Waals surface area contributed by atoms with E-state index in [2.05, 4.69) is 0 Å². The molecule has 5 nitrogen and oxygen atoms in total. The van der Waals surface area contributed by atoms with Crippen LogP contribution in [-0.4, -0.2) is 33.1 Å². The van der Waals surface area contributed by atoms with Crippen molar-refractivity contribution in [1.82, 2.24) is 0 Å². The van der Waals surface area contributed by atoms with Gasteiger partial charge in [0, 0.05) is 7.11 Å². The first-order valence-corrected chi connectivity index (χ1v) is 5.70. The predicted molar refractivity (Wildman–Crippen MR) is 65.2 cm³/mol. The minimum Gasteiger partial charge on any atom is -0.468 e. The van der Waals surface area contributed by atoms with Crippen molar-refractivity contribution in [3.05, 3.63) is 29.8 Å². The van der Waals surface area contributed by atoms with Crippen molar-refractivity contribution in [2.24, 2.45) is 0 Å². The van der Waals surface area contributed by atoms with Crippen molar-refractivity contribution in [2.45, 2.75) is 13.5 Å². The zero-order chi connectivity index (χ0) is 13.2. The van der Waals surface area contributed by atoms with Gasteiger partial charge in [-0.05, 0) is 24.6 Å². The average molecular weight is 254 g/mol. The number of hydrogen-bond acceptors (Lipinski definition) is 5. The number of carbonyl (C=O) groups excluding carboxylic acids is 1. The maximum Gasteiger partial charge on any atom is 0.332 e. The summed E-state index contributed by atoms with van der Waals surface area (Å²) >= 11 is 0. The number of rotatable bonds is 8. The van der Waals surface area contributed by atoms with Crippen LogP contribution in [0.5, 0.6) is 5.75 Å². The van der Waals surface area contributed by atoms with Crippen molar-refractivity contribution in [3.63, 3.8) is 0 Å². The quantitative estimate of drug-likeness (QED) is 0.522. The second-order valence-electron chi connectivity index (χ2n) is 3.50. The van der Waals surface area contributed by atoms with Crippen LogP contribution < -0.4 is 4.74 Å². The fourth-order valence-electron chi connectivity index (χ4n) is 1.31. The van der Waals surface area contributed by atoms with Gasteiger partial charge in [0.2, 0.25) is 0 Å². The Morgan fingerprint density at radius 3 is 2.89 bits per heavy atom. The van der Waals surface area contributed by atoms with Crippen LogP contribution in [0.3, 0.4) is 0 Å². The van der Waals surface area contributed by atoms with E-state index in [-0.39, 0.29) is 19.4 Å². The van der Waals surface area contributed by atoms with Crippen molar-refractivity contribution in [1.29, 1.82) is 0 Å². The van der Waals surface area contributed by atoms with Gasteiger partial charge in [-0.3, -0.25) is 0 Å². The molecule has 5 heteroatoms. The zero-order valence-electron chi connectivity index (χ0n) is 10.7. The van der Waals surface area contributed by atoms with E-state index in [9.17, 15) is 4.79 Å². The largest absolute Gasteiger partial charge is 0.468 e. The van der Waals surface area contributed by atoms with Crippen molar-refractivity contribution in [3.8, 4) is 5.75 Å². The van der Waals surface area contributed by atoms with Crippen molar-refractivity contribution < 1.29 is 23.7 Å². The molecule has 0 unspecified atom stereocenters. The first-order valence-electron chi connectivity index (χ1n) is 5.70. The molecule has 0 aromatic heterocycles. The lowest BCUT2D eigenvalue weighted by molar-refractivity contribution is -0.148. The topological polar surface area (TPSA) is 54.0 Å². The Kier molecular flexibility index (Phi) is 6.83. The fourth-order valence-corrected chi connectivity index (χ4v) is 1.31. The molecule has 1 aromatic rings. The van der Waals surface area contributed by atoms with Crippen LogP contribution in [0.1, 0.15) is 12.5 Å². The number of carbonyl (C=O) groups is 1. The van der Waals surface area contributed by atoms with E-state index < -0.39 is 0 Å². The van der Waals surface area contributed by atoms with E-state index >= 15 is 0 Å². The molecular formula is C13H18O5. The highest BCUT2D eigenvalue weighted by Gasteiger charge is 2.02. The summed E-state index contributed by atoms with van der Waals surface area (Å²) in [5.74, 6) is 0.346. The lowest BCUT2D eigenvalue weighted by atomic mass is 10.2. The van der Waals surface area contributed by atoms with Gasteiger partial charge >= 0.3 is 5.97 Å². The van der Waals surface area contributed by atoms with Gasteiger partial charge in [-0.15, -0.1) is 0 Å². The average Bonchev–Trinajstić information content (AvgIpc) is 2.37. The Morgan fingerprint density at radius 1 is 1.33 bits per heavy atom. The van der Waals surface area contributed by atoms with Crippen LogP contribution >= 0.6 is 0 Å². The van der Waals surface area contributed by atoms with Gasteiger partial charge in [0.25, 0.3) is 0 Å². The lowest BCUT2D eigenvalue weighted by Gasteiger charge is -2.07. The lowest BCUT2D eigenvalue weighted by Crippen LogP contribution is -2.12. The summed E-state index contributed by atoms with van der Waals surface area (Å²) < 4.78 is 20.1. The normalized spacial score (nSPS) is 10.1. The van der Waals surface area contributed by atoms with Gasteiger partial charge in [-0.2, -0.15) is 0 Å². The molecule has 0 aliphatic heterocycles. The third-order valence-corrected chi connectivity index (χ3v) is 2.04. The monoisotopic (exact) mass is 254 g/mol. The number of hydrogen-bond donors (Lipinski definition) is 0. The minimum absolute atomic E-state index is 0.0446. The third kappa shape index (κ3) is 5.65. The molecule has 18 heavy (non-hydrogen) atoms. The summed E-state index contributed by atoms with van der Waals surface area (Å²) in [4.78, 5) is 11.1. The molecule has 0 saturated heterocycles. The second-order valence-corrected chi connectivity index (χ2v) is 3.50. The summed E-state index contributed by atoms with van der Waals surface area (Å²) in [5.41, 5.74) is 0.924. The molecule has 0 spiro atoms. The van der Waals surface area contributed by atoms with E-state index in [1.54, 1.807) is 14.0 Å². The first kappa shape index (κ1) is 14.5. The van der Waals surface area contributed by atoms with Gasteiger partial charge in [0.1, 0.15) is 12.4 Å². The number of benzene rings is 1. The molecule has 1 rings (SSSR count). The Hall–Kier alpha value is -1.59. The number of methoxy groups -OCH3 is 1. The molecule has 1 aromatic carbocycles. The van der Waals surface area contributed by atoms with Crippen LogP contribution in [0.2, 0.25) is 0 Å². The molecule has 0 saturated carbocycles. The predicted octanol–water partition coefficient (Wildman–Crippen LogP) is 1.75.